The molecule has 0 aliphatic carbocycles. The highest BCUT2D eigenvalue weighted by Crippen LogP contribution is 2.48. The molecular formula is C21H15Cl2N3O. The van der Waals surface area contributed by atoms with Crippen molar-refractivity contribution in [2.75, 3.05) is 0 Å². The van der Waals surface area contributed by atoms with Crippen LogP contribution in [0.15, 0.2) is 72.1 Å². The van der Waals surface area contributed by atoms with E-state index in [1.807, 2.05) is 59.6 Å². The van der Waals surface area contributed by atoms with Gasteiger partial charge in [-0.3, -0.25) is 4.98 Å². The molecule has 4 nitrogen and oxygen atoms in total. The number of hydrazone groups is 1. The lowest BCUT2D eigenvalue weighted by molar-refractivity contribution is -0.0190. The van der Waals surface area contributed by atoms with E-state index in [2.05, 4.69) is 4.98 Å². The van der Waals surface area contributed by atoms with Crippen molar-refractivity contribution in [1.29, 1.82) is 0 Å². The van der Waals surface area contributed by atoms with E-state index in [1.165, 1.54) is 0 Å². The molecule has 3 aromatic rings. The number of hydrogen-bond acceptors (Lipinski definition) is 4. The largest absolute Gasteiger partial charge is 0.464 e. The fourth-order valence-corrected chi connectivity index (χ4v) is 3.93. The monoisotopic (exact) mass is 395 g/mol. The Morgan fingerprint density at radius 2 is 1.67 bits per heavy atom. The third kappa shape index (κ3) is 2.95. The molecular weight excluding hydrogens is 381 g/mol. The third-order valence-electron chi connectivity index (χ3n) is 4.92. The molecule has 27 heavy (non-hydrogen) atoms. The number of halogens is 2. The molecule has 1 aromatic heterocycles. The summed E-state index contributed by atoms with van der Waals surface area (Å²) in [4.78, 5) is 4.11. The van der Waals surface area contributed by atoms with Gasteiger partial charge < -0.3 is 4.74 Å². The van der Waals surface area contributed by atoms with E-state index in [0.717, 1.165) is 34.6 Å². The van der Waals surface area contributed by atoms with E-state index in [9.17, 15) is 0 Å². The molecule has 134 valence electrons. The number of pyridine rings is 1. The van der Waals surface area contributed by atoms with Gasteiger partial charge in [0.25, 0.3) is 0 Å². The smallest absolute Gasteiger partial charge is 0.213 e. The maximum Gasteiger partial charge on any atom is 0.213 e. The van der Waals surface area contributed by atoms with E-state index >= 15 is 0 Å². The number of aromatic nitrogens is 1. The number of hydrogen-bond donors (Lipinski definition) is 0. The molecule has 5 rings (SSSR count). The Morgan fingerprint density at radius 1 is 0.926 bits per heavy atom. The van der Waals surface area contributed by atoms with E-state index in [-0.39, 0.29) is 12.3 Å². The van der Waals surface area contributed by atoms with Crippen molar-refractivity contribution < 1.29 is 4.74 Å². The Kier molecular flexibility index (Phi) is 4.03. The molecule has 0 bridgehead atoms. The van der Waals surface area contributed by atoms with Crippen LogP contribution in [0.25, 0.3) is 0 Å². The zero-order valence-corrected chi connectivity index (χ0v) is 15.7. The predicted molar refractivity (Wildman–Crippen MR) is 106 cm³/mol. The summed E-state index contributed by atoms with van der Waals surface area (Å²) in [6.07, 6.45) is 4.01. The van der Waals surface area contributed by atoms with Crippen LogP contribution in [0, 0.1) is 0 Å². The summed E-state index contributed by atoms with van der Waals surface area (Å²) >= 11 is 12.3. The van der Waals surface area contributed by atoms with Crippen LogP contribution in [-0.2, 0) is 0 Å². The third-order valence-corrected chi connectivity index (χ3v) is 5.41. The Balaban J connectivity index is 1.60. The standard InChI is InChI=1S/C21H15Cl2N3O/c22-15-3-1-13(2-4-15)18-12-19-17-11-16(23)5-6-20(17)27-21(26(19)25-18)14-7-9-24-10-8-14/h1-11,19,21H,12H2/t19-,21+/m1/s1. The van der Waals surface area contributed by atoms with Crippen molar-refractivity contribution >= 4 is 28.9 Å². The molecule has 0 spiro atoms. The van der Waals surface area contributed by atoms with Crippen LogP contribution < -0.4 is 4.74 Å². The van der Waals surface area contributed by atoms with Crippen molar-refractivity contribution in [3.63, 3.8) is 0 Å². The van der Waals surface area contributed by atoms with Gasteiger partial charge in [0.05, 0.1) is 11.8 Å². The van der Waals surface area contributed by atoms with Gasteiger partial charge >= 0.3 is 0 Å². The average molecular weight is 396 g/mol. The first-order valence-electron chi connectivity index (χ1n) is 8.67. The summed E-state index contributed by atoms with van der Waals surface area (Å²) in [5, 5.41) is 8.35. The van der Waals surface area contributed by atoms with E-state index < -0.39 is 0 Å². The van der Waals surface area contributed by atoms with Gasteiger partial charge in [0.2, 0.25) is 6.23 Å². The topological polar surface area (TPSA) is 37.7 Å². The molecule has 3 heterocycles. The molecule has 0 amide bonds. The summed E-state index contributed by atoms with van der Waals surface area (Å²) in [6.45, 7) is 0. The SMILES string of the molecule is Clc1ccc(C2=NN3[C@H](C2)c2cc(Cl)ccc2O[C@H]3c2ccncc2)cc1. The highest BCUT2D eigenvalue weighted by molar-refractivity contribution is 6.31. The van der Waals surface area contributed by atoms with Gasteiger partial charge in [-0.25, -0.2) is 5.01 Å². The number of benzene rings is 2. The lowest BCUT2D eigenvalue weighted by Crippen LogP contribution is -2.33. The molecule has 0 saturated heterocycles. The van der Waals surface area contributed by atoms with Crippen molar-refractivity contribution in [2.45, 2.75) is 18.7 Å². The molecule has 2 atom stereocenters. The fourth-order valence-electron chi connectivity index (χ4n) is 3.62. The highest BCUT2D eigenvalue weighted by atomic mass is 35.5. The second-order valence-electron chi connectivity index (χ2n) is 6.59. The van der Waals surface area contributed by atoms with Gasteiger partial charge in [0.1, 0.15) is 5.75 Å². The Bertz CT molecular complexity index is 1020. The molecule has 0 unspecified atom stereocenters. The normalized spacial score (nSPS) is 20.5. The van der Waals surface area contributed by atoms with Gasteiger partial charge in [-0.05, 0) is 48.0 Å². The Labute approximate surface area is 167 Å². The number of nitrogens with zero attached hydrogens (tertiary/aromatic N) is 3. The molecule has 2 aliphatic heterocycles. The maximum absolute atomic E-state index is 6.30. The predicted octanol–water partition coefficient (Wildman–Crippen LogP) is 5.63. The van der Waals surface area contributed by atoms with E-state index in [4.69, 9.17) is 33.0 Å². The molecule has 6 heteroatoms. The summed E-state index contributed by atoms with van der Waals surface area (Å²) < 4.78 is 6.30. The first kappa shape index (κ1) is 16.6. The number of ether oxygens (including phenoxy) is 1. The minimum Gasteiger partial charge on any atom is -0.464 e. The fraction of sp³-hybridized carbons (Fsp3) is 0.143. The van der Waals surface area contributed by atoms with Crippen molar-refractivity contribution in [3.05, 3.63) is 93.7 Å². The lowest BCUT2D eigenvalue weighted by Gasteiger charge is -2.38. The van der Waals surface area contributed by atoms with Crippen LogP contribution in [0.3, 0.4) is 0 Å². The summed E-state index contributed by atoms with van der Waals surface area (Å²) in [5.41, 5.74) is 4.13. The van der Waals surface area contributed by atoms with E-state index in [0.29, 0.717) is 10.0 Å². The summed E-state index contributed by atoms with van der Waals surface area (Å²) in [6, 6.07) is 17.5. The minimum atomic E-state index is -0.309. The Hall–Kier alpha value is -2.56. The Morgan fingerprint density at radius 3 is 2.44 bits per heavy atom. The van der Waals surface area contributed by atoms with Crippen molar-refractivity contribution in [3.8, 4) is 5.75 Å². The van der Waals surface area contributed by atoms with E-state index in [1.54, 1.807) is 12.4 Å². The number of rotatable bonds is 2. The average Bonchev–Trinajstić information content (AvgIpc) is 3.14. The van der Waals surface area contributed by atoms with Gasteiger partial charge in [-0.1, -0.05) is 35.3 Å². The number of fused-ring (bicyclic) bond motifs is 3. The van der Waals surface area contributed by atoms with Gasteiger partial charge in [-0.15, -0.1) is 0 Å². The first-order chi connectivity index (χ1) is 13.2. The second kappa shape index (κ2) is 6.55. The van der Waals surface area contributed by atoms with Gasteiger partial charge in [0.15, 0.2) is 0 Å². The zero-order chi connectivity index (χ0) is 18.4. The molecule has 2 aliphatic rings. The first-order valence-corrected chi connectivity index (χ1v) is 9.42. The highest BCUT2D eigenvalue weighted by Gasteiger charge is 2.41. The molecule has 0 fully saturated rings. The van der Waals surface area contributed by atoms with Crippen LogP contribution >= 0.6 is 23.2 Å². The molecule has 0 saturated carbocycles. The molecule has 2 aromatic carbocycles. The van der Waals surface area contributed by atoms with Crippen LogP contribution in [0.1, 0.15) is 35.4 Å². The van der Waals surface area contributed by atoms with Crippen LogP contribution in [0.4, 0.5) is 0 Å². The second-order valence-corrected chi connectivity index (χ2v) is 7.46. The summed E-state index contributed by atoms with van der Waals surface area (Å²) in [5.74, 6) is 0.843. The van der Waals surface area contributed by atoms with Gasteiger partial charge in [-0.2, -0.15) is 5.10 Å². The van der Waals surface area contributed by atoms with Crippen LogP contribution in [0.5, 0.6) is 5.75 Å². The maximum atomic E-state index is 6.30. The van der Waals surface area contributed by atoms with Crippen molar-refractivity contribution in [1.82, 2.24) is 9.99 Å². The van der Waals surface area contributed by atoms with Crippen LogP contribution in [-0.4, -0.2) is 15.7 Å². The minimum absolute atomic E-state index is 0.0660. The lowest BCUT2D eigenvalue weighted by atomic mass is 9.96. The van der Waals surface area contributed by atoms with Gasteiger partial charge in [0, 0.05) is 40.0 Å². The van der Waals surface area contributed by atoms with Crippen LogP contribution in [0.2, 0.25) is 10.0 Å². The quantitative estimate of drug-likeness (QED) is 0.563. The summed E-state index contributed by atoms with van der Waals surface area (Å²) in [7, 11) is 0. The molecule has 0 radical (unpaired) electrons. The zero-order valence-electron chi connectivity index (χ0n) is 14.2. The van der Waals surface area contributed by atoms with Crippen molar-refractivity contribution in [2.24, 2.45) is 5.10 Å². The molecule has 0 N–H and O–H groups in total.